The summed E-state index contributed by atoms with van der Waals surface area (Å²) in [6.07, 6.45) is 3.46. The van der Waals surface area contributed by atoms with Crippen molar-refractivity contribution < 1.29 is 9.53 Å². The molecular weight excluding hydrogens is 268 g/mol. The van der Waals surface area contributed by atoms with Crippen molar-refractivity contribution in [2.45, 2.75) is 25.6 Å². The molecule has 0 saturated carbocycles. The smallest absolute Gasteiger partial charge is 0.276 e. The van der Waals surface area contributed by atoms with Gasteiger partial charge in [0.15, 0.2) is 5.69 Å². The third kappa shape index (κ3) is 3.46. The van der Waals surface area contributed by atoms with Crippen molar-refractivity contribution in [1.29, 1.82) is 0 Å². The van der Waals surface area contributed by atoms with Gasteiger partial charge in [-0.2, -0.15) is 15.4 Å². The fourth-order valence-electron chi connectivity index (χ4n) is 2.51. The molecule has 1 aromatic carbocycles. The van der Waals surface area contributed by atoms with E-state index in [9.17, 15) is 4.79 Å². The summed E-state index contributed by atoms with van der Waals surface area (Å²) in [7, 11) is 0. The van der Waals surface area contributed by atoms with Crippen LogP contribution in [0, 0.1) is 0 Å². The molecule has 2 heterocycles. The van der Waals surface area contributed by atoms with Crippen molar-refractivity contribution >= 4 is 5.91 Å². The van der Waals surface area contributed by atoms with E-state index in [0.29, 0.717) is 18.8 Å². The van der Waals surface area contributed by atoms with Gasteiger partial charge in [-0.15, -0.1) is 0 Å². The Hall–Kier alpha value is -2.21. The third-order valence-corrected chi connectivity index (χ3v) is 3.63. The van der Waals surface area contributed by atoms with Crippen molar-refractivity contribution in [1.82, 2.24) is 20.3 Å². The van der Waals surface area contributed by atoms with Gasteiger partial charge in [0.05, 0.1) is 18.9 Å². The molecule has 1 saturated heterocycles. The number of hydrogen-bond donors (Lipinski definition) is 1. The number of H-pyrrole nitrogens is 1. The van der Waals surface area contributed by atoms with Gasteiger partial charge in [0, 0.05) is 13.1 Å². The molecule has 1 fully saturated rings. The van der Waals surface area contributed by atoms with E-state index in [0.717, 1.165) is 24.9 Å². The van der Waals surface area contributed by atoms with Gasteiger partial charge in [-0.1, -0.05) is 30.3 Å². The Bertz CT molecular complexity index is 571. The van der Waals surface area contributed by atoms with Gasteiger partial charge in [0.25, 0.3) is 5.91 Å². The van der Waals surface area contributed by atoms with Crippen molar-refractivity contribution in [2.75, 3.05) is 13.1 Å². The number of piperidine rings is 1. The first-order valence-corrected chi connectivity index (χ1v) is 7.13. The molecule has 2 aromatic rings. The lowest BCUT2D eigenvalue weighted by Gasteiger charge is -2.32. The van der Waals surface area contributed by atoms with E-state index in [1.54, 1.807) is 4.90 Å². The molecule has 3 rings (SSSR count). The number of aromatic amines is 1. The van der Waals surface area contributed by atoms with Crippen LogP contribution in [0.15, 0.2) is 36.5 Å². The number of nitrogens with one attached hydrogen (secondary N) is 1. The number of nitrogens with zero attached hydrogens (tertiary/aromatic N) is 3. The van der Waals surface area contributed by atoms with Crippen molar-refractivity contribution in [3.05, 3.63) is 47.8 Å². The fraction of sp³-hybridized carbons (Fsp3) is 0.400. The molecule has 6 nitrogen and oxygen atoms in total. The molecular formula is C15H18N4O2. The predicted octanol–water partition coefficient (Wildman–Crippen LogP) is 1.63. The highest BCUT2D eigenvalue weighted by atomic mass is 16.5. The van der Waals surface area contributed by atoms with E-state index in [-0.39, 0.29) is 12.0 Å². The van der Waals surface area contributed by atoms with Crippen LogP contribution in [0.3, 0.4) is 0 Å². The second-order valence-electron chi connectivity index (χ2n) is 5.17. The van der Waals surface area contributed by atoms with Crippen LogP contribution in [-0.4, -0.2) is 45.4 Å². The largest absolute Gasteiger partial charge is 0.372 e. The number of amides is 1. The Balaban J connectivity index is 1.55. The van der Waals surface area contributed by atoms with Gasteiger partial charge in [-0.05, 0) is 18.4 Å². The molecule has 1 aliphatic rings. The SMILES string of the molecule is O=C(c1cn[nH]n1)N1CCC[C@H](OCc2ccccc2)C1. The molecule has 110 valence electrons. The van der Waals surface area contributed by atoms with E-state index >= 15 is 0 Å². The van der Waals surface area contributed by atoms with Crippen LogP contribution in [0.4, 0.5) is 0 Å². The van der Waals surface area contributed by atoms with E-state index in [1.165, 1.54) is 6.20 Å². The lowest BCUT2D eigenvalue weighted by atomic mass is 10.1. The van der Waals surface area contributed by atoms with E-state index in [2.05, 4.69) is 15.4 Å². The minimum Gasteiger partial charge on any atom is -0.372 e. The Kier molecular flexibility index (Phi) is 4.25. The Morgan fingerprint density at radius 3 is 3.00 bits per heavy atom. The summed E-state index contributed by atoms with van der Waals surface area (Å²) in [6, 6.07) is 10.1. The molecule has 6 heteroatoms. The predicted molar refractivity (Wildman–Crippen MR) is 76.5 cm³/mol. The van der Waals surface area contributed by atoms with Gasteiger partial charge < -0.3 is 9.64 Å². The zero-order chi connectivity index (χ0) is 14.5. The molecule has 0 spiro atoms. The molecule has 0 radical (unpaired) electrons. The van der Waals surface area contributed by atoms with E-state index in [1.807, 2.05) is 30.3 Å². The average Bonchev–Trinajstić information content (AvgIpc) is 3.08. The van der Waals surface area contributed by atoms with Crippen LogP contribution < -0.4 is 0 Å². The Morgan fingerprint density at radius 2 is 2.24 bits per heavy atom. The Labute approximate surface area is 123 Å². The van der Waals surface area contributed by atoms with E-state index < -0.39 is 0 Å². The quantitative estimate of drug-likeness (QED) is 0.927. The van der Waals surface area contributed by atoms with Crippen molar-refractivity contribution in [2.24, 2.45) is 0 Å². The molecule has 1 aliphatic heterocycles. The lowest BCUT2D eigenvalue weighted by molar-refractivity contribution is -0.00689. The first-order chi connectivity index (χ1) is 10.3. The highest BCUT2D eigenvalue weighted by molar-refractivity contribution is 5.91. The lowest BCUT2D eigenvalue weighted by Crippen LogP contribution is -2.43. The number of likely N-dealkylation sites (tertiary alicyclic amines) is 1. The highest BCUT2D eigenvalue weighted by Gasteiger charge is 2.26. The van der Waals surface area contributed by atoms with Crippen LogP contribution in [0.2, 0.25) is 0 Å². The molecule has 0 bridgehead atoms. The maximum Gasteiger partial charge on any atom is 0.276 e. The molecule has 1 aromatic heterocycles. The summed E-state index contributed by atoms with van der Waals surface area (Å²) in [5.74, 6) is -0.0863. The number of benzene rings is 1. The van der Waals surface area contributed by atoms with Crippen LogP contribution in [-0.2, 0) is 11.3 Å². The summed E-state index contributed by atoms with van der Waals surface area (Å²) in [4.78, 5) is 14.0. The van der Waals surface area contributed by atoms with Crippen molar-refractivity contribution in [3.8, 4) is 0 Å². The second kappa shape index (κ2) is 6.49. The first kappa shape index (κ1) is 13.8. The maximum absolute atomic E-state index is 12.2. The highest BCUT2D eigenvalue weighted by Crippen LogP contribution is 2.16. The maximum atomic E-state index is 12.2. The topological polar surface area (TPSA) is 71.1 Å². The first-order valence-electron chi connectivity index (χ1n) is 7.13. The van der Waals surface area contributed by atoms with Gasteiger partial charge in [0.1, 0.15) is 0 Å². The zero-order valence-corrected chi connectivity index (χ0v) is 11.7. The summed E-state index contributed by atoms with van der Waals surface area (Å²) < 4.78 is 5.93. The van der Waals surface area contributed by atoms with Crippen LogP contribution >= 0.6 is 0 Å². The number of carbonyl (C=O) groups is 1. The third-order valence-electron chi connectivity index (χ3n) is 3.63. The molecule has 1 atom stereocenters. The van der Waals surface area contributed by atoms with Gasteiger partial charge in [-0.3, -0.25) is 4.79 Å². The van der Waals surface area contributed by atoms with Gasteiger partial charge >= 0.3 is 0 Å². The monoisotopic (exact) mass is 286 g/mol. The molecule has 1 amide bonds. The molecule has 21 heavy (non-hydrogen) atoms. The number of carbonyl (C=O) groups excluding carboxylic acids is 1. The zero-order valence-electron chi connectivity index (χ0n) is 11.7. The summed E-state index contributed by atoms with van der Waals surface area (Å²) in [6.45, 7) is 1.94. The number of hydrogen-bond acceptors (Lipinski definition) is 4. The summed E-state index contributed by atoms with van der Waals surface area (Å²) in [5, 5.41) is 9.99. The minimum atomic E-state index is -0.0863. The van der Waals surface area contributed by atoms with Gasteiger partial charge in [-0.25, -0.2) is 0 Å². The van der Waals surface area contributed by atoms with Crippen molar-refractivity contribution in [3.63, 3.8) is 0 Å². The summed E-state index contributed by atoms with van der Waals surface area (Å²) in [5.41, 5.74) is 1.51. The Morgan fingerprint density at radius 1 is 1.38 bits per heavy atom. The molecule has 1 N–H and O–H groups in total. The second-order valence-corrected chi connectivity index (χ2v) is 5.17. The van der Waals surface area contributed by atoms with Gasteiger partial charge in [0.2, 0.25) is 0 Å². The normalized spacial score (nSPS) is 18.7. The standard InChI is InChI=1S/C15H18N4O2/c20-15(14-9-16-18-17-14)19-8-4-7-13(10-19)21-11-12-5-2-1-3-6-12/h1-3,5-6,9,13H,4,7-8,10-11H2,(H,16,17,18)/t13-/m0/s1. The van der Waals surface area contributed by atoms with Crippen LogP contribution in [0.5, 0.6) is 0 Å². The van der Waals surface area contributed by atoms with E-state index in [4.69, 9.17) is 4.74 Å². The fourth-order valence-corrected chi connectivity index (χ4v) is 2.51. The molecule has 0 unspecified atom stereocenters. The number of rotatable bonds is 4. The average molecular weight is 286 g/mol. The van der Waals surface area contributed by atoms with Crippen LogP contribution in [0.25, 0.3) is 0 Å². The molecule has 0 aliphatic carbocycles. The number of ether oxygens (including phenoxy) is 1. The minimum absolute atomic E-state index is 0.0785. The van der Waals surface area contributed by atoms with Crippen LogP contribution in [0.1, 0.15) is 28.9 Å². The summed E-state index contributed by atoms with van der Waals surface area (Å²) >= 11 is 0. The number of aromatic nitrogens is 3.